The van der Waals surface area contributed by atoms with E-state index >= 15 is 0 Å². The fourth-order valence-corrected chi connectivity index (χ4v) is 3.57. The van der Waals surface area contributed by atoms with E-state index in [9.17, 15) is 4.79 Å². The van der Waals surface area contributed by atoms with Crippen molar-refractivity contribution >= 4 is 16.9 Å². The number of rotatable bonds is 10. The van der Waals surface area contributed by atoms with E-state index < -0.39 is 0 Å². The Hall–Kier alpha value is -1.54. The van der Waals surface area contributed by atoms with Crippen molar-refractivity contribution in [2.24, 2.45) is 0 Å². The predicted molar refractivity (Wildman–Crippen MR) is 110 cm³/mol. The molecule has 0 amide bonds. The topological polar surface area (TPSA) is 17.1 Å². The van der Waals surface area contributed by atoms with E-state index in [-0.39, 0.29) is 5.12 Å². The SMILES string of the molecule is CCCCCCc1ccc(C(=O)Sc2ccc(CCCC)cc2)cc1. The van der Waals surface area contributed by atoms with Crippen LogP contribution in [0.25, 0.3) is 0 Å². The zero-order valence-electron chi connectivity index (χ0n) is 15.6. The van der Waals surface area contributed by atoms with Gasteiger partial charge in [-0.1, -0.05) is 75.9 Å². The minimum Gasteiger partial charge on any atom is -0.281 e. The van der Waals surface area contributed by atoms with Crippen molar-refractivity contribution < 1.29 is 4.79 Å². The van der Waals surface area contributed by atoms with E-state index in [4.69, 9.17) is 0 Å². The molecule has 2 aromatic carbocycles. The molecule has 0 unspecified atom stereocenters. The molecule has 2 rings (SSSR count). The molecule has 0 aliphatic heterocycles. The van der Waals surface area contributed by atoms with Gasteiger partial charge in [0.2, 0.25) is 5.12 Å². The van der Waals surface area contributed by atoms with Crippen LogP contribution in [0.4, 0.5) is 0 Å². The minimum atomic E-state index is 0.124. The maximum absolute atomic E-state index is 12.4. The summed E-state index contributed by atoms with van der Waals surface area (Å²) < 4.78 is 0. The molecule has 0 saturated heterocycles. The third-order valence-corrected chi connectivity index (χ3v) is 5.39. The Labute approximate surface area is 157 Å². The molecular formula is C23H30OS. The smallest absolute Gasteiger partial charge is 0.224 e. The lowest BCUT2D eigenvalue weighted by Gasteiger charge is -2.05. The first kappa shape index (κ1) is 19.8. The van der Waals surface area contributed by atoms with Gasteiger partial charge in [0.1, 0.15) is 0 Å². The van der Waals surface area contributed by atoms with Gasteiger partial charge in [-0.25, -0.2) is 0 Å². The third kappa shape index (κ3) is 7.07. The lowest BCUT2D eigenvalue weighted by atomic mass is 10.1. The number of benzene rings is 2. The molecular weight excluding hydrogens is 324 g/mol. The third-order valence-electron chi connectivity index (χ3n) is 4.46. The summed E-state index contributed by atoms with van der Waals surface area (Å²) in [6, 6.07) is 16.6. The van der Waals surface area contributed by atoms with E-state index in [1.165, 1.54) is 61.4 Å². The van der Waals surface area contributed by atoms with Gasteiger partial charge < -0.3 is 0 Å². The van der Waals surface area contributed by atoms with Gasteiger partial charge in [-0.15, -0.1) is 0 Å². The summed E-state index contributed by atoms with van der Waals surface area (Å²) in [7, 11) is 0. The van der Waals surface area contributed by atoms with Gasteiger partial charge in [-0.2, -0.15) is 0 Å². The molecule has 0 fully saturated rings. The molecule has 0 atom stereocenters. The predicted octanol–water partition coefficient (Wildman–Crippen LogP) is 7.08. The standard InChI is InChI=1S/C23H30OS/c1-3-5-7-8-10-20-11-15-21(16-12-20)23(24)25-22-17-13-19(14-18-22)9-6-4-2/h11-18H,3-10H2,1-2H3. The summed E-state index contributed by atoms with van der Waals surface area (Å²) in [6.45, 7) is 4.44. The Morgan fingerprint density at radius 1 is 0.720 bits per heavy atom. The molecule has 134 valence electrons. The van der Waals surface area contributed by atoms with E-state index in [1.807, 2.05) is 12.1 Å². The fraction of sp³-hybridized carbons (Fsp3) is 0.435. The summed E-state index contributed by atoms with van der Waals surface area (Å²) in [5.41, 5.74) is 3.47. The van der Waals surface area contributed by atoms with Crippen LogP contribution in [-0.2, 0) is 12.8 Å². The summed E-state index contributed by atoms with van der Waals surface area (Å²) >= 11 is 1.32. The second-order valence-corrected chi connectivity index (χ2v) is 7.69. The highest BCUT2D eigenvalue weighted by Gasteiger charge is 2.08. The maximum Gasteiger partial charge on any atom is 0.224 e. The van der Waals surface area contributed by atoms with Crippen LogP contribution in [0.15, 0.2) is 53.4 Å². The molecule has 0 N–H and O–H groups in total. The number of unbranched alkanes of at least 4 members (excludes halogenated alkanes) is 4. The van der Waals surface area contributed by atoms with E-state index in [1.54, 1.807) is 0 Å². The van der Waals surface area contributed by atoms with E-state index in [0.717, 1.165) is 23.3 Å². The largest absolute Gasteiger partial charge is 0.281 e. The van der Waals surface area contributed by atoms with Gasteiger partial charge in [-0.3, -0.25) is 4.79 Å². The molecule has 0 bridgehead atoms. The molecule has 0 aliphatic rings. The summed E-state index contributed by atoms with van der Waals surface area (Å²) in [6.07, 6.45) is 9.77. The van der Waals surface area contributed by atoms with Crippen molar-refractivity contribution in [3.05, 3.63) is 65.2 Å². The highest BCUT2D eigenvalue weighted by Crippen LogP contribution is 2.24. The molecule has 2 aromatic rings. The van der Waals surface area contributed by atoms with Gasteiger partial charge in [0.15, 0.2) is 0 Å². The Kier molecular flexibility index (Phi) is 8.82. The molecule has 0 aromatic heterocycles. The quantitative estimate of drug-likeness (QED) is 0.335. The average Bonchev–Trinajstić information content (AvgIpc) is 2.65. The van der Waals surface area contributed by atoms with Crippen molar-refractivity contribution in [2.45, 2.75) is 70.1 Å². The first-order valence-corrected chi connectivity index (χ1v) is 10.4. The van der Waals surface area contributed by atoms with Crippen molar-refractivity contribution in [3.63, 3.8) is 0 Å². The van der Waals surface area contributed by atoms with Crippen LogP contribution in [0.2, 0.25) is 0 Å². The van der Waals surface area contributed by atoms with Crippen LogP contribution in [0.3, 0.4) is 0 Å². The summed E-state index contributed by atoms with van der Waals surface area (Å²) in [4.78, 5) is 13.5. The highest BCUT2D eigenvalue weighted by molar-refractivity contribution is 8.14. The fourth-order valence-electron chi connectivity index (χ4n) is 2.83. The van der Waals surface area contributed by atoms with Gasteiger partial charge in [0, 0.05) is 10.5 Å². The number of hydrogen-bond acceptors (Lipinski definition) is 2. The second-order valence-electron chi connectivity index (χ2n) is 6.64. The van der Waals surface area contributed by atoms with Crippen molar-refractivity contribution in [1.82, 2.24) is 0 Å². The number of aryl methyl sites for hydroxylation is 2. The van der Waals surface area contributed by atoms with Crippen LogP contribution >= 0.6 is 11.8 Å². The number of hydrogen-bond donors (Lipinski definition) is 0. The second kappa shape index (κ2) is 11.1. The van der Waals surface area contributed by atoms with Crippen molar-refractivity contribution in [2.75, 3.05) is 0 Å². The first-order valence-electron chi connectivity index (χ1n) is 9.63. The molecule has 0 heterocycles. The summed E-state index contributed by atoms with van der Waals surface area (Å²) in [5.74, 6) is 0. The van der Waals surface area contributed by atoms with Crippen molar-refractivity contribution in [1.29, 1.82) is 0 Å². The molecule has 25 heavy (non-hydrogen) atoms. The average molecular weight is 355 g/mol. The number of carbonyl (C=O) groups is 1. The van der Waals surface area contributed by atoms with Gasteiger partial charge in [0.25, 0.3) is 0 Å². The lowest BCUT2D eigenvalue weighted by Crippen LogP contribution is -1.94. The van der Waals surface area contributed by atoms with Crippen molar-refractivity contribution in [3.8, 4) is 0 Å². The van der Waals surface area contributed by atoms with Gasteiger partial charge in [0.05, 0.1) is 0 Å². The van der Waals surface area contributed by atoms with Crippen LogP contribution in [0.1, 0.15) is 73.9 Å². The molecule has 0 aliphatic carbocycles. The molecule has 0 spiro atoms. The molecule has 0 radical (unpaired) electrons. The van der Waals surface area contributed by atoms with Crippen LogP contribution in [-0.4, -0.2) is 5.12 Å². The molecule has 0 saturated carbocycles. The van der Waals surface area contributed by atoms with Gasteiger partial charge >= 0.3 is 0 Å². The normalized spacial score (nSPS) is 10.8. The monoisotopic (exact) mass is 354 g/mol. The van der Waals surface area contributed by atoms with Gasteiger partial charge in [-0.05, 0) is 60.7 Å². The molecule has 1 nitrogen and oxygen atoms in total. The number of thioether (sulfide) groups is 1. The zero-order valence-corrected chi connectivity index (χ0v) is 16.4. The minimum absolute atomic E-state index is 0.124. The first-order chi connectivity index (χ1) is 12.2. The van der Waals surface area contributed by atoms with E-state index in [0.29, 0.717) is 0 Å². The van der Waals surface area contributed by atoms with Crippen LogP contribution < -0.4 is 0 Å². The lowest BCUT2D eigenvalue weighted by molar-refractivity contribution is 0.108. The Bertz CT molecular complexity index is 628. The Morgan fingerprint density at radius 3 is 1.88 bits per heavy atom. The zero-order chi connectivity index (χ0) is 17.9. The molecule has 2 heteroatoms. The van der Waals surface area contributed by atoms with E-state index in [2.05, 4.69) is 50.2 Å². The maximum atomic E-state index is 12.4. The Morgan fingerprint density at radius 2 is 1.28 bits per heavy atom. The number of carbonyl (C=O) groups excluding carboxylic acids is 1. The Balaban J connectivity index is 1.85. The van der Waals surface area contributed by atoms with Crippen LogP contribution in [0.5, 0.6) is 0 Å². The summed E-state index contributed by atoms with van der Waals surface area (Å²) in [5, 5.41) is 0.124. The highest BCUT2D eigenvalue weighted by atomic mass is 32.2. The van der Waals surface area contributed by atoms with Crippen LogP contribution in [0, 0.1) is 0 Å².